The van der Waals surface area contributed by atoms with Crippen molar-refractivity contribution in [2.75, 3.05) is 45.7 Å². The molecule has 0 saturated carbocycles. The van der Waals surface area contributed by atoms with Gasteiger partial charge in [-0.2, -0.15) is 0 Å². The normalized spacial score (nSPS) is 15.8. The van der Waals surface area contributed by atoms with Crippen LogP contribution >= 0.6 is 11.6 Å². The van der Waals surface area contributed by atoms with Gasteiger partial charge in [0, 0.05) is 18.2 Å². The summed E-state index contributed by atoms with van der Waals surface area (Å²) in [6, 6.07) is 5.37. The summed E-state index contributed by atoms with van der Waals surface area (Å²) in [5, 5.41) is 6.71. The highest BCUT2D eigenvalue weighted by Crippen LogP contribution is 2.28. The number of hydrogen-bond acceptors (Lipinski definition) is 4. The van der Waals surface area contributed by atoms with Gasteiger partial charge in [0.15, 0.2) is 0 Å². The Morgan fingerprint density at radius 2 is 2.14 bits per heavy atom. The molecule has 1 fully saturated rings. The number of hydrogen-bond donors (Lipinski definition) is 2. The fraction of sp³-hybridized carbons (Fsp3) is 0.562. The monoisotopic (exact) mass is 325 g/mol. The van der Waals surface area contributed by atoms with E-state index in [1.807, 2.05) is 25.1 Å². The average Bonchev–Trinajstić information content (AvgIpc) is 2.50. The maximum absolute atomic E-state index is 12.2. The number of nitrogens with one attached hydrogen (secondary N) is 2. The highest BCUT2D eigenvalue weighted by Gasteiger charge is 2.21. The lowest BCUT2D eigenvalue weighted by molar-refractivity contribution is -0.120. The van der Waals surface area contributed by atoms with Crippen LogP contribution in [0.1, 0.15) is 12.8 Å². The largest absolute Gasteiger partial charge is 0.491 e. The van der Waals surface area contributed by atoms with Gasteiger partial charge in [0.2, 0.25) is 5.91 Å². The van der Waals surface area contributed by atoms with Crippen molar-refractivity contribution in [1.82, 2.24) is 10.2 Å². The van der Waals surface area contributed by atoms with E-state index < -0.39 is 0 Å². The summed E-state index contributed by atoms with van der Waals surface area (Å²) >= 11 is 6.21. The molecular weight excluding hydrogens is 302 g/mol. The van der Waals surface area contributed by atoms with Crippen LogP contribution in [0.25, 0.3) is 0 Å². The van der Waals surface area contributed by atoms with Crippen LogP contribution in [-0.4, -0.2) is 51.1 Å². The van der Waals surface area contributed by atoms with Crippen molar-refractivity contribution in [3.8, 4) is 5.75 Å². The fourth-order valence-corrected chi connectivity index (χ4v) is 2.60. The number of ether oxygens (including phenoxy) is 1. The summed E-state index contributed by atoms with van der Waals surface area (Å²) < 4.78 is 5.63. The quantitative estimate of drug-likeness (QED) is 0.842. The lowest BCUT2D eigenvalue weighted by Crippen LogP contribution is -2.34. The van der Waals surface area contributed by atoms with Gasteiger partial charge >= 0.3 is 0 Å². The zero-order valence-corrected chi connectivity index (χ0v) is 13.9. The fourth-order valence-electron chi connectivity index (χ4n) is 2.36. The molecule has 1 aromatic carbocycles. The van der Waals surface area contributed by atoms with Gasteiger partial charge in [0.05, 0.1) is 5.02 Å². The number of benzene rings is 1. The predicted molar refractivity (Wildman–Crippen MR) is 89.7 cm³/mol. The van der Waals surface area contributed by atoms with E-state index in [0.717, 1.165) is 32.5 Å². The maximum Gasteiger partial charge on any atom is 0.227 e. The zero-order chi connectivity index (χ0) is 15.9. The number of carbonyl (C=O) groups excluding carboxylic acids is 1. The Hall–Kier alpha value is -1.30. The molecule has 5 nitrogen and oxygen atoms in total. The lowest BCUT2D eigenvalue weighted by Gasteiger charge is -2.22. The summed E-state index contributed by atoms with van der Waals surface area (Å²) in [6.07, 6.45) is 1.76. The smallest absolute Gasteiger partial charge is 0.227 e. The molecular formula is C16H24ClN3O2. The molecule has 2 N–H and O–H groups in total. The van der Waals surface area contributed by atoms with Gasteiger partial charge in [0.1, 0.15) is 12.4 Å². The van der Waals surface area contributed by atoms with Gasteiger partial charge in [0.25, 0.3) is 0 Å². The van der Waals surface area contributed by atoms with Crippen LogP contribution < -0.4 is 15.4 Å². The van der Waals surface area contributed by atoms with Crippen LogP contribution in [0.4, 0.5) is 5.69 Å². The van der Waals surface area contributed by atoms with E-state index in [-0.39, 0.29) is 11.8 Å². The van der Waals surface area contributed by atoms with Crippen LogP contribution in [0.3, 0.4) is 0 Å². The van der Waals surface area contributed by atoms with Gasteiger partial charge in [-0.1, -0.05) is 11.6 Å². The average molecular weight is 326 g/mol. The number of piperidine rings is 1. The number of carbonyl (C=O) groups is 1. The van der Waals surface area contributed by atoms with Crippen LogP contribution in [0, 0.1) is 5.92 Å². The molecule has 1 saturated heterocycles. The van der Waals surface area contributed by atoms with E-state index in [2.05, 4.69) is 10.6 Å². The van der Waals surface area contributed by atoms with Gasteiger partial charge < -0.3 is 20.3 Å². The molecule has 1 heterocycles. The summed E-state index contributed by atoms with van der Waals surface area (Å²) in [5.41, 5.74) is 0.716. The second-order valence-corrected chi connectivity index (χ2v) is 6.22. The Balaban J connectivity index is 1.89. The summed E-state index contributed by atoms with van der Waals surface area (Å²) in [7, 11) is 3.98. The molecule has 0 bridgehead atoms. The molecule has 22 heavy (non-hydrogen) atoms. The molecule has 0 radical (unpaired) electrons. The Bertz CT molecular complexity index is 502. The Labute approximate surface area is 137 Å². The molecule has 6 heteroatoms. The number of nitrogens with zero attached hydrogens (tertiary/aromatic N) is 1. The highest BCUT2D eigenvalue weighted by molar-refractivity contribution is 6.32. The molecule has 122 valence electrons. The van der Waals surface area contributed by atoms with E-state index in [9.17, 15) is 4.79 Å². The predicted octanol–water partition coefficient (Wildman–Crippen LogP) is 2.22. The number of rotatable bonds is 6. The minimum atomic E-state index is 0.0684. The first kappa shape index (κ1) is 17.1. The zero-order valence-electron chi connectivity index (χ0n) is 13.2. The molecule has 1 aliphatic rings. The van der Waals surface area contributed by atoms with Crippen LogP contribution in [0.5, 0.6) is 5.75 Å². The van der Waals surface area contributed by atoms with Crippen molar-refractivity contribution in [3.63, 3.8) is 0 Å². The highest BCUT2D eigenvalue weighted by atomic mass is 35.5. The first-order valence-electron chi connectivity index (χ1n) is 7.65. The Morgan fingerprint density at radius 1 is 1.41 bits per heavy atom. The molecule has 2 rings (SSSR count). The van der Waals surface area contributed by atoms with Crippen molar-refractivity contribution in [3.05, 3.63) is 23.2 Å². The molecule has 0 aromatic heterocycles. The topological polar surface area (TPSA) is 53.6 Å². The minimum Gasteiger partial charge on any atom is -0.491 e. The van der Waals surface area contributed by atoms with Crippen molar-refractivity contribution in [2.24, 2.45) is 5.92 Å². The second-order valence-electron chi connectivity index (χ2n) is 5.81. The number of likely N-dealkylation sites (N-methyl/N-ethyl adjacent to an activating group) is 1. The molecule has 0 unspecified atom stereocenters. The van der Waals surface area contributed by atoms with E-state index in [1.54, 1.807) is 12.1 Å². The molecule has 0 aliphatic carbocycles. The van der Waals surface area contributed by atoms with Crippen molar-refractivity contribution < 1.29 is 9.53 Å². The standard InChI is InChI=1S/C16H24ClN3O2/c1-20(2)9-10-22-15-4-3-13(11-14(15)17)19-16(21)12-5-7-18-8-6-12/h3-4,11-12,18H,5-10H2,1-2H3,(H,19,21). The molecule has 0 atom stereocenters. The van der Waals surface area contributed by atoms with Crippen molar-refractivity contribution in [2.45, 2.75) is 12.8 Å². The Morgan fingerprint density at radius 3 is 2.77 bits per heavy atom. The van der Waals surface area contributed by atoms with E-state index in [0.29, 0.717) is 23.1 Å². The Kier molecular flexibility index (Phi) is 6.49. The first-order chi connectivity index (χ1) is 10.6. The van der Waals surface area contributed by atoms with Crippen LogP contribution in [0.15, 0.2) is 18.2 Å². The SMILES string of the molecule is CN(C)CCOc1ccc(NC(=O)C2CCNCC2)cc1Cl. The van der Waals surface area contributed by atoms with E-state index in [1.165, 1.54) is 0 Å². The molecule has 0 spiro atoms. The van der Waals surface area contributed by atoms with E-state index >= 15 is 0 Å². The van der Waals surface area contributed by atoms with Crippen LogP contribution in [-0.2, 0) is 4.79 Å². The van der Waals surface area contributed by atoms with Gasteiger partial charge in [-0.3, -0.25) is 4.79 Å². The third-order valence-electron chi connectivity index (χ3n) is 3.71. The van der Waals surface area contributed by atoms with Crippen molar-refractivity contribution >= 4 is 23.2 Å². The minimum absolute atomic E-state index is 0.0684. The number of amides is 1. The third kappa shape index (κ3) is 5.16. The van der Waals surface area contributed by atoms with Gasteiger partial charge in [-0.05, 0) is 58.2 Å². The van der Waals surface area contributed by atoms with Gasteiger partial charge in [-0.15, -0.1) is 0 Å². The number of anilines is 1. The molecule has 1 aromatic rings. The summed E-state index contributed by atoms with van der Waals surface area (Å²) in [6.45, 7) is 3.20. The third-order valence-corrected chi connectivity index (χ3v) is 4.00. The van der Waals surface area contributed by atoms with Gasteiger partial charge in [-0.25, -0.2) is 0 Å². The van der Waals surface area contributed by atoms with Crippen molar-refractivity contribution in [1.29, 1.82) is 0 Å². The summed E-state index contributed by atoms with van der Waals surface area (Å²) in [5.74, 6) is 0.790. The lowest BCUT2D eigenvalue weighted by atomic mass is 9.97. The van der Waals surface area contributed by atoms with E-state index in [4.69, 9.17) is 16.3 Å². The summed E-state index contributed by atoms with van der Waals surface area (Å²) in [4.78, 5) is 14.2. The first-order valence-corrected chi connectivity index (χ1v) is 8.02. The maximum atomic E-state index is 12.2. The molecule has 1 amide bonds. The number of halogens is 1. The second kappa shape index (κ2) is 8.36. The van der Waals surface area contributed by atoms with Crippen LogP contribution in [0.2, 0.25) is 5.02 Å². The molecule has 1 aliphatic heterocycles.